The second kappa shape index (κ2) is 8.37. The number of thiazole rings is 1. The summed E-state index contributed by atoms with van der Waals surface area (Å²) in [5, 5.41) is 6.78. The first-order chi connectivity index (χ1) is 12.5. The van der Waals surface area contributed by atoms with E-state index in [1.807, 2.05) is 5.38 Å². The van der Waals surface area contributed by atoms with Crippen molar-refractivity contribution >= 4 is 52.0 Å². The van der Waals surface area contributed by atoms with Crippen LogP contribution in [0.4, 0.5) is 5.69 Å². The van der Waals surface area contributed by atoms with Gasteiger partial charge in [-0.2, -0.15) is 0 Å². The van der Waals surface area contributed by atoms with Crippen molar-refractivity contribution in [1.29, 1.82) is 0 Å². The molecule has 0 saturated carbocycles. The minimum atomic E-state index is -0.661. The number of rotatable bonds is 6. The summed E-state index contributed by atoms with van der Waals surface area (Å²) in [5.41, 5.74) is 1.64. The molecule has 26 heavy (non-hydrogen) atoms. The lowest BCUT2D eigenvalue weighted by atomic mass is 10.1. The predicted octanol–water partition coefficient (Wildman–Crippen LogP) is 3.72. The standard InChI is InChI=1S/C18H19Cl2N3O2S/c1-2-16-22-11(10-26-16)5-7-21-17(24)13-6-8-23(18(13)25)12-3-4-14(19)15(20)9-12/h3-4,9-10,13H,2,5-8H2,1H3,(H,21,24). The normalized spacial score (nSPS) is 17.0. The highest BCUT2D eigenvalue weighted by Gasteiger charge is 2.37. The van der Waals surface area contributed by atoms with Gasteiger partial charge in [0.05, 0.1) is 20.7 Å². The Kier molecular flexibility index (Phi) is 6.16. The molecule has 1 aliphatic rings. The predicted molar refractivity (Wildman–Crippen MR) is 105 cm³/mol. The lowest BCUT2D eigenvalue weighted by Gasteiger charge is -2.17. The molecular weight excluding hydrogens is 393 g/mol. The highest BCUT2D eigenvalue weighted by atomic mass is 35.5. The molecule has 0 bridgehead atoms. The maximum atomic E-state index is 12.6. The summed E-state index contributed by atoms with van der Waals surface area (Å²) in [7, 11) is 0. The molecule has 8 heteroatoms. The number of halogens is 2. The van der Waals surface area contributed by atoms with Crippen molar-refractivity contribution in [2.75, 3.05) is 18.0 Å². The smallest absolute Gasteiger partial charge is 0.239 e. The van der Waals surface area contributed by atoms with Gasteiger partial charge in [0.25, 0.3) is 0 Å². The van der Waals surface area contributed by atoms with Crippen molar-refractivity contribution in [1.82, 2.24) is 10.3 Å². The van der Waals surface area contributed by atoms with Gasteiger partial charge in [-0.05, 0) is 31.0 Å². The summed E-state index contributed by atoms with van der Waals surface area (Å²) in [4.78, 5) is 31.0. The fourth-order valence-electron chi connectivity index (χ4n) is 2.90. The molecule has 138 valence electrons. The van der Waals surface area contributed by atoms with Crippen LogP contribution in [0.5, 0.6) is 0 Å². The largest absolute Gasteiger partial charge is 0.355 e. The molecule has 1 saturated heterocycles. The molecule has 1 aromatic heterocycles. The van der Waals surface area contributed by atoms with Crippen LogP contribution in [0.25, 0.3) is 0 Å². The number of anilines is 1. The SMILES string of the molecule is CCc1nc(CCNC(=O)C2CCN(c3ccc(Cl)c(Cl)c3)C2=O)cs1. The van der Waals surface area contributed by atoms with Crippen molar-refractivity contribution in [2.24, 2.45) is 5.92 Å². The Labute approximate surface area is 166 Å². The third-order valence-corrected chi connectivity index (χ3v) is 6.10. The molecule has 0 aliphatic carbocycles. The summed E-state index contributed by atoms with van der Waals surface area (Å²) >= 11 is 13.6. The van der Waals surface area contributed by atoms with E-state index in [2.05, 4.69) is 17.2 Å². The van der Waals surface area contributed by atoms with Crippen molar-refractivity contribution in [3.8, 4) is 0 Å². The molecule has 1 unspecified atom stereocenters. The van der Waals surface area contributed by atoms with E-state index in [0.29, 0.717) is 41.7 Å². The zero-order valence-corrected chi connectivity index (χ0v) is 16.6. The van der Waals surface area contributed by atoms with E-state index in [-0.39, 0.29) is 11.8 Å². The van der Waals surface area contributed by atoms with E-state index in [1.165, 1.54) is 0 Å². The van der Waals surface area contributed by atoms with Gasteiger partial charge in [0, 0.05) is 30.6 Å². The Bertz CT molecular complexity index is 825. The van der Waals surface area contributed by atoms with Crippen LogP contribution in [-0.2, 0) is 22.4 Å². The van der Waals surface area contributed by atoms with Crippen LogP contribution in [0.2, 0.25) is 10.0 Å². The first-order valence-corrected chi connectivity index (χ1v) is 10.1. The van der Waals surface area contributed by atoms with Crippen LogP contribution in [0, 0.1) is 5.92 Å². The summed E-state index contributed by atoms with van der Waals surface area (Å²) < 4.78 is 0. The lowest BCUT2D eigenvalue weighted by Crippen LogP contribution is -2.37. The van der Waals surface area contributed by atoms with Gasteiger partial charge in [-0.1, -0.05) is 30.1 Å². The first-order valence-electron chi connectivity index (χ1n) is 8.47. The molecule has 0 spiro atoms. The molecule has 3 rings (SSSR count). The number of aromatic nitrogens is 1. The highest BCUT2D eigenvalue weighted by molar-refractivity contribution is 7.09. The fraction of sp³-hybridized carbons (Fsp3) is 0.389. The minimum absolute atomic E-state index is 0.206. The summed E-state index contributed by atoms with van der Waals surface area (Å²) in [6, 6.07) is 5.04. The molecule has 1 fully saturated rings. The van der Waals surface area contributed by atoms with Crippen molar-refractivity contribution in [2.45, 2.75) is 26.2 Å². The Balaban J connectivity index is 1.55. The monoisotopic (exact) mass is 411 g/mol. The number of carbonyl (C=O) groups excluding carboxylic acids is 2. The second-order valence-electron chi connectivity index (χ2n) is 6.06. The van der Waals surface area contributed by atoms with Crippen LogP contribution in [-0.4, -0.2) is 29.9 Å². The van der Waals surface area contributed by atoms with E-state index >= 15 is 0 Å². The summed E-state index contributed by atoms with van der Waals surface area (Å²) in [6.45, 7) is 3.03. The molecule has 1 aliphatic heterocycles. The maximum absolute atomic E-state index is 12.6. The third-order valence-electron chi connectivity index (χ3n) is 4.32. The van der Waals surface area contributed by atoms with Gasteiger partial charge < -0.3 is 10.2 Å². The van der Waals surface area contributed by atoms with E-state index in [0.717, 1.165) is 17.1 Å². The fourth-order valence-corrected chi connectivity index (χ4v) is 3.97. The molecule has 1 aromatic carbocycles. The third kappa shape index (κ3) is 4.19. The van der Waals surface area contributed by atoms with Crippen molar-refractivity contribution in [3.05, 3.63) is 44.3 Å². The lowest BCUT2D eigenvalue weighted by molar-refractivity contribution is -0.132. The first kappa shape index (κ1) is 19.1. The van der Waals surface area contributed by atoms with E-state index in [1.54, 1.807) is 34.4 Å². The Morgan fingerprint density at radius 1 is 1.38 bits per heavy atom. The number of carbonyl (C=O) groups is 2. The zero-order chi connectivity index (χ0) is 18.7. The van der Waals surface area contributed by atoms with Gasteiger partial charge >= 0.3 is 0 Å². The average molecular weight is 412 g/mol. The zero-order valence-electron chi connectivity index (χ0n) is 14.3. The van der Waals surface area contributed by atoms with Crippen LogP contribution in [0.15, 0.2) is 23.6 Å². The maximum Gasteiger partial charge on any atom is 0.239 e. The molecule has 1 N–H and O–H groups in total. The van der Waals surface area contributed by atoms with Crippen LogP contribution in [0.3, 0.4) is 0 Å². The van der Waals surface area contributed by atoms with E-state index < -0.39 is 5.92 Å². The van der Waals surface area contributed by atoms with Gasteiger partial charge in [-0.15, -0.1) is 11.3 Å². The quantitative estimate of drug-likeness (QED) is 0.736. The van der Waals surface area contributed by atoms with Crippen LogP contribution in [0.1, 0.15) is 24.0 Å². The van der Waals surface area contributed by atoms with E-state index in [9.17, 15) is 9.59 Å². The van der Waals surface area contributed by atoms with E-state index in [4.69, 9.17) is 23.2 Å². The number of aryl methyl sites for hydroxylation is 1. The Morgan fingerprint density at radius 2 is 2.19 bits per heavy atom. The minimum Gasteiger partial charge on any atom is -0.355 e. The number of hydrogen-bond acceptors (Lipinski definition) is 4. The topological polar surface area (TPSA) is 62.3 Å². The number of hydrogen-bond donors (Lipinski definition) is 1. The Hall–Kier alpha value is -1.63. The van der Waals surface area contributed by atoms with Gasteiger partial charge in [0.1, 0.15) is 5.92 Å². The van der Waals surface area contributed by atoms with Crippen LogP contribution < -0.4 is 10.2 Å². The van der Waals surface area contributed by atoms with Crippen LogP contribution >= 0.6 is 34.5 Å². The van der Waals surface area contributed by atoms with Crippen molar-refractivity contribution in [3.63, 3.8) is 0 Å². The molecule has 2 heterocycles. The Morgan fingerprint density at radius 3 is 2.88 bits per heavy atom. The number of nitrogens with one attached hydrogen (secondary N) is 1. The molecule has 2 amide bonds. The summed E-state index contributed by atoms with van der Waals surface area (Å²) in [6.07, 6.45) is 2.07. The molecule has 2 aromatic rings. The number of amides is 2. The number of nitrogens with zero attached hydrogens (tertiary/aromatic N) is 2. The van der Waals surface area contributed by atoms with Gasteiger partial charge in [0.15, 0.2) is 0 Å². The molecular formula is C18H19Cl2N3O2S. The van der Waals surface area contributed by atoms with Gasteiger partial charge in [0.2, 0.25) is 11.8 Å². The highest BCUT2D eigenvalue weighted by Crippen LogP contribution is 2.31. The molecule has 1 atom stereocenters. The van der Waals surface area contributed by atoms with Gasteiger partial charge in [-0.3, -0.25) is 9.59 Å². The summed E-state index contributed by atoms with van der Waals surface area (Å²) in [5.74, 6) is -1.10. The average Bonchev–Trinajstić information content (AvgIpc) is 3.24. The number of benzene rings is 1. The molecule has 5 nitrogen and oxygen atoms in total. The second-order valence-corrected chi connectivity index (χ2v) is 7.81. The molecule has 0 radical (unpaired) electrons. The van der Waals surface area contributed by atoms with Gasteiger partial charge in [-0.25, -0.2) is 4.98 Å². The van der Waals surface area contributed by atoms with Crippen molar-refractivity contribution < 1.29 is 9.59 Å².